The van der Waals surface area contributed by atoms with E-state index >= 15 is 0 Å². The lowest BCUT2D eigenvalue weighted by Gasteiger charge is -2.57. The first-order chi connectivity index (χ1) is 16.0. The van der Waals surface area contributed by atoms with Crippen LogP contribution in [0.3, 0.4) is 0 Å². The Labute approximate surface area is 204 Å². The zero-order valence-electron chi connectivity index (χ0n) is 20.7. The van der Waals surface area contributed by atoms with Gasteiger partial charge in [-0.05, 0) is 123 Å². The average Bonchev–Trinajstić information content (AvgIpc) is 2.75. The van der Waals surface area contributed by atoms with Crippen LogP contribution in [0.5, 0.6) is 0 Å². The van der Waals surface area contributed by atoms with Crippen LogP contribution in [0.1, 0.15) is 62.1 Å². The Kier molecular flexibility index (Phi) is 5.78. The SMILES string of the molecule is Cc1ccc(N([C@@H](C)C(=O)Nc2ccc(C34CC5CC(CC(C5)C3)C4)cc2)S(C)(=O)=O)cc1C. The van der Waals surface area contributed by atoms with Crippen LogP contribution in [0, 0.1) is 31.6 Å². The summed E-state index contributed by atoms with van der Waals surface area (Å²) in [6, 6.07) is 12.9. The molecule has 6 rings (SSSR count). The van der Waals surface area contributed by atoms with E-state index in [1.807, 2.05) is 38.1 Å². The molecule has 1 amide bonds. The highest BCUT2D eigenvalue weighted by molar-refractivity contribution is 7.92. The molecule has 1 atom stereocenters. The number of benzene rings is 2. The number of anilines is 2. The number of nitrogens with one attached hydrogen (secondary N) is 1. The quantitative estimate of drug-likeness (QED) is 0.588. The standard InChI is InChI=1S/C28H36N2O3S/c1-18-5-10-26(11-19(18)2)30(34(4,32)33)20(3)27(31)29-25-8-6-24(7-9-25)28-15-21-12-22(16-28)14-23(13-21)17-28/h5-11,20-23H,12-17H2,1-4H3,(H,29,31)/t20-,21?,22?,23?,28?/m0/s1. The molecule has 6 heteroatoms. The first-order valence-corrected chi connectivity index (χ1v) is 14.4. The fourth-order valence-electron chi connectivity index (χ4n) is 7.29. The van der Waals surface area contributed by atoms with E-state index < -0.39 is 16.1 Å². The molecule has 5 nitrogen and oxygen atoms in total. The number of carbonyl (C=O) groups is 1. The molecule has 4 saturated carbocycles. The van der Waals surface area contributed by atoms with Gasteiger partial charge in [-0.2, -0.15) is 0 Å². The minimum atomic E-state index is -3.64. The fourth-order valence-corrected chi connectivity index (χ4v) is 8.46. The molecule has 182 valence electrons. The van der Waals surface area contributed by atoms with Crippen molar-refractivity contribution in [2.45, 2.75) is 70.8 Å². The predicted octanol–water partition coefficient (Wildman–Crippen LogP) is 5.56. The minimum Gasteiger partial charge on any atom is -0.324 e. The van der Waals surface area contributed by atoms with Crippen LogP contribution in [0.2, 0.25) is 0 Å². The van der Waals surface area contributed by atoms with Crippen molar-refractivity contribution in [3.8, 4) is 0 Å². The fraction of sp³-hybridized carbons (Fsp3) is 0.536. The number of rotatable bonds is 6. The van der Waals surface area contributed by atoms with Crippen LogP contribution in [0.15, 0.2) is 42.5 Å². The van der Waals surface area contributed by atoms with Crippen molar-refractivity contribution in [2.75, 3.05) is 15.9 Å². The number of sulfonamides is 1. The van der Waals surface area contributed by atoms with Crippen molar-refractivity contribution in [1.29, 1.82) is 0 Å². The zero-order chi connectivity index (χ0) is 24.3. The van der Waals surface area contributed by atoms with E-state index in [1.165, 1.54) is 48.4 Å². The molecule has 0 saturated heterocycles. The molecule has 0 aromatic heterocycles. The van der Waals surface area contributed by atoms with Gasteiger partial charge in [0.2, 0.25) is 15.9 Å². The van der Waals surface area contributed by atoms with Crippen LogP contribution < -0.4 is 9.62 Å². The largest absolute Gasteiger partial charge is 0.324 e. The van der Waals surface area contributed by atoms with Gasteiger partial charge in [-0.3, -0.25) is 9.10 Å². The predicted molar refractivity (Wildman–Crippen MR) is 138 cm³/mol. The van der Waals surface area contributed by atoms with Gasteiger partial charge in [-0.25, -0.2) is 8.42 Å². The van der Waals surface area contributed by atoms with Gasteiger partial charge < -0.3 is 5.32 Å². The van der Waals surface area contributed by atoms with Crippen LogP contribution in [-0.4, -0.2) is 26.6 Å². The maximum atomic E-state index is 13.1. The Hall–Kier alpha value is -2.34. The monoisotopic (exact) mass is 480 g/mol. The van der Waals surface area contributed by atoms with Crippen LogP contribution in [0.4, 0.5) is 11.4 Å². The third-order valence-electron chi connectivity index (χ3n) is 8.64. The van der Waals surface area contributed by atoms with Crippen LogP contribution in [0.25, 0.3) is 0 Å². The normalized spacial score (nSPS) is 28.5. The Bertz CT molecular complexity index is 1170. The Balaban J connectivity index is 1.33. The summed E-state index contributed by atoms with van der Waals surface area (Å²) in [5, 5.41) is 2.95. The summed E-state index contributed by atoms with van der Waals surface area (Å²) in [5.74, 6) is 2.32. The van der Waals surface area contributed by atoms with Gasteiger partial charge in [-0.15, -0.1) is 0 Å². The van der Waals surface area contributed by atoms with Gasteiger partial charge >= 0.3 is 0 Å². The lowest BCUT2D eigenvalue weighted by atomic mass is 9.48. The van der Waals surface area contributed by atoms with Crippen molar-refractivity contribution < 1.29 is 13.2 Å². The molecule has 1 N–H and O–H groups in total. The first-order valence-electron chi connectivity index (χ1n) is 12.5. The smallest absolute Gasteiger partial charge is 0.247 e. The summed E-state index contributed by atoms with van der Waals surface area (Å²) in [6.07, 6.45) is 9.32. The topological polar surface area (TPSA) is 66.5 Å². The molecule has 0 unspecified atom stereocenters. The van der Waals surface area contributed by atoms with Gasteiger partial charge in [0, 0.05) is 5.69 Å². The third kappa shape index (κ3) is 4.26. The average molecular weight is 481 g/mol. The molecule has 4 fully saturated rings. The van der Waals surface area contributed by atoms with E-state index in [4.69, 9.17) is 0 Å². The number of hydrogen-bond donors (Lipinski definition) is 1. The molecule has 0 aliphatic heterocycles. The van der Waals surface area contributed by atoms with E-state index in [1.54, 1.807) is 13.0 Å². The lowest BCUT2D eigenvalue weighted by molar-refractivity contribution is -0.116. The second-order valence-corrected chi connectivity index (χ2v) is 13.1. The number of amides is 1. The van der Waals surface area contributed by atoms with E-state index in [-0.39, 0.29) is 5.91 Å². The molecular weight excluding hydrogens is 444 g/mol. The number of hydrogen-bond acceptors (Lipinski definition) is 3. The molecule has 0 spiro atoms. The molecule has 2 aromatic carbocycles. The van der Waals surface area contributed by atoms with Crippen molar-refractivity contribution >= 4 is 27.3 Å². The van der Waals surface area contributed by atoms with Crippen LogP contribution >= 0.6 is 0 Å². The van der Waals surface area contributed by atoms with Gasteiger partial charge in [0.25, 0.3) is 0 Å². The molecule has 0 heterocycles. The Morgan fingerprint density at radius 3 is 2.00 bits per heavy atom. The summed E-state index contributed by atoms with van der Waals surface area (Å²) in [4.78, 5) is 13.1. The van der Waals surface area contributed by atoms with Crippen LogP contribution in [-0.2, 0) is 20.2 Å². The molecule has 4 aliphatic carbocycles. The maximum absolute atomic E-state index is 13.1. The van der Waals surface area contributed by atoms with Gasteiger partial charge in [-0.1, -0.05) is 18.2 Å². The molecule has 4 bridgehead atoms. The summed E-state index contributed by atoms with van der Waals surface area (Å²) >= 11 is 0. The van der Waals surface area contributed by atoms with Gasteiger partial charge in [0.05, 0.1) is 11.9 Å². The first kappa shape index (κ1) is 23.4. The van der Waals surface area contributed by atoms with E-state index in [0.717, 1.165) is 35.1 Å². The second kappa shape index (κ2) is 8.40. The molecule has 2 aromatic rings. The summed E-state index contributed by atoms with van der Waals surface area (Å²) in [6.45, 7) is 5.55. The summed E-state index contributed by atoms with van der Waals surface area (Å²) < 4.78 is 26.5. The summed E-state index contributed by atoms with van der Waals surface area (Å²) in [7, 11) is -3.64. The number of carbonyl (C=O) groups excluding carboxylic acids is 1. The highest BCUT2D eigenvalue weighted by atomic mass is 32.2. The highest BCUT2D eigenvalue weighted by Crippen LogP contribution is 2.60. The highest BCUT2D eigenvalue weighted by Gasteiger charge is 2.51. The molecule has 4 aliphatic rings. The minimum absolute atomic E-state index is 0.320. The van der Waals surface area contributed by atoms with E-state index in [2.05, 4.69) is 17.4 Å². The molecular formula is C28H36N2O3S. The van der Waals surface area contributed by atoms with Gasteiger partial charge in [0.1, 0.15) is 6.04 Å². The Morgan fingerprint density at radius 2 is 1.50 bits per heavy atom. The van der Waals surface area contributed by atoms with Crippen molar-refractivity contribution in [2.24, 2.45) is 17.8 Å². The van der Waals surface area contributed by atoms with Crippen molar-refractivity contribution in [1.82, 2.24) is 0 Å². The summed E-state index contributed by atoms with van der Waals surface area (Å²) in [5.41, 5.74) is 5.00. The number of aryl methyl sites for hydroxylation is 2. The molecule has 34 heavy (non-hydrogen) atoms. The second-order valence-electron chi connectivity index (χ2n) is 11.3. The van der Waals surface area contributed by atoms with E-state index in [0.29, 0.717) is 16.8 Å². The number of nitrogens with zero attached hydrogens (tertiary/aromatic N) is 1. The van der Waals surface area contributed by atoms with E-state index in [9.17, 15) is 13.2 Å². The van der Waals surface area contributed by atoms with Crippen molar-refractivity contribution in [3.63, 3.8) is 0 Å². The van der Waals surface area contributed by atoms with Crippen molar-refractivity contribution in [3.05, 3.63) is 59.2 Å². The molecule has 0 radical (unpaired) electrons. The van der Waals surface area contributed by atoms with Gasteiger partial charge in [0.15, 0.2) is 0 Å². The zero-order valence-corrected chi connectivity index (χ0v) is 21.5. The third-order valence-corrected chi connectivity index (χ3v) is 9.88. The Morgan fingerprint density at radius 1 is 0.941 bits per heavy atom. The lowest BCUT2D eigenvalue weighted by Crippen LogP contribution is -2.48. The maximum Gasteiger partial charge on any atom is 0.247 e.